The zero-order valence-corrected chi connectivity index (χ0v) is 13.0. The van der Waals surface area contributed by atoms with Crippen molar-refractivity contribution in [2.75, 3.05) is 0 Å². The van der Waals surface area contributed by atoms with Crippen LogP contribution < -0.4 is 0 Å². The van der Waals surface area contributed by atoms with Crippen LogP contribution in [-0.4, -0.2) is 16.1 Å². The van der Waals surface area contributed by atoms with Gasteiger partial charge in [-0.25, -0.2) is 9.78 Å². The molecule has 0 fully saturated rings. The second-order valence-electron chi connectivity index (χ2n) is 4.49. The van der Waals surface area contributed by atoms with Gasteiger partial charge >= 0.3 is 5.97 Å². The van der Waals surface area contributed by atoms with E-state index >= 15 is 0 Å². The molecule has 0 radical (unpaired) electrons. The lowest BCUT2D eigenvalue weighted by molar-refractivity contribution is 0.0697. The highest BCUT2D eigenvalue weighted by Gasteiger charge is 2.11. The number of carboxylic acid groups (broad SMARTS) is 1. The molecule has 3 rings (SSSR count). The van der Waals surface area contributed by atoms with Crippen LogP contribution in [0.4, 0.5) is 0 Å². The molecule has 2 aromatic carbocycles. The third-order valence-corrected chi connectivity index (χ3v) is 4.70. The minimum Gasteiger partial charge on any atom is -0.478 e. The SMILES string of the molecule is Cc1ccc(-c2nc3ccc(C(=O)O)cc3s2)c(Br)c1. The van der Waals surface area contributed by atoms with Crippen molar-refractivity contribution in [3.05, 3.63) is 52.0 Å². The lowest BCUT2D eigenvalue weighted by Crippen LogP contribution is -1.94. The Morgan fingerprint density at radius 2 is 2.05 bits per heavy atom. The lowest BCUT2D eigenvalue weighted by atomic mass is 10.1. The van der Waals surface area contributed by atoms with Crippen LogP contribution in [0.15, 0.2) is 40.9 Å². The van der Waals surface area contributed by atoms with Gasteiger partial charge in [0.05, 0.1) is 15.8 Å². The quantitative estimate of drug-likeness (QED) is 0.728. The maximum absolute atomic E-state index is 11.0. The van der Waals surface area contributed by atoms with E-state index in [2.05, 4.69) is 20.9 Å². The fourth-order valence-electron chi connectivity index (χ4n) is 1.97. The molecule has 1 aromatic heterocycles. The molecule has 0 saturated heterocycles. The second-order valence-corrected chi connectivity index (χ2v) is 6.37. The molecule has 0 aliphatic rings. The first-order valence-electron chi connectivity index (χ1n) is 5.95. The van der Waals surface area contributed by atoms with E-state index < -0.39 is 5.97 Å². The summed E-state index contributed by atoms with van der Waals surface area (Å²) in [5.41, 5.74) is 3.31. The van der Waals surface area contributed by atoms with E-state index in [4.69, 9.17) is 5.11 Å². The predicted molar refractivity (Wildman–Crippen MR) is 84.5 cm³/mol. The Morgan fingerprint density at radius 1 is 1.25 bits per heavy atom. The van der Waals surface area contributed by atoms with Crippen LogP contribution in [0.2, 0.25) is 0 Å². The molecule has 3 aromatic rings. The first kappa shape index (κ1) is 13.3. The fourth-order valence-corrected chi connectivity index (χ4v) is 3.82. The van der Waals surface area contributed by atoms with E-state index in [0.29, 0.717) is 0 Å². The van der Waals surface area contributed by atoms with Crippen LogP contribution in [0.5, 0.6) is 0 Å². The van der Waals surface area contributed by atoms with E-state index in [9.17, 15) is 4.79 Å². The number of carboxylic acids is 1. The van der Waals surface area contributed by atoms with Gasteiger partial charge in [0, 0.05) is 10.0 Å². The number of halogens is 1. The molecule has 100 valence electrons. The van der Waals surface area contributed by atoms with Gasteiger partial charge in [0.25, 0.3) is 0 Å². The Morgan fingerprint density at radius 3 is 2.75 bits per heavy atom. The highest BCUT2D eigenvalue weighted by Crippen LogP contribution is 2.35. The summed E-state index contributed by atoms with van der Waals surface area (Å²) in [4.78, 5) is 15.6. The van der Waals surface area contributed by atoms with E-state index in [0.717, 1.165) is 25.3 Å². The first-order valence-corrected chi connectivity index (χ1v) is 7.56. The highest BCUT2D eigenvalue weighted by molar-refractivity contribution is 9.10. The third kappa shape index (κ3) is 2.34. The van der Waals surface area contributed by atoms with Crippen molar-refractivity contribution in [3.8, 4) is 10.6 Å². The van der Waals surface area contributed by atoms with Crippen molar-refractivity contribution in [2.24, 2.45) is 0 Å². The summed E-state index contributed by atoms with van der Waals surface area (Å²) in [6, 6.07) is 11.1. The fraction of sp³-hybridized carbons (Fsp3) is 0.0667. The minimum absolute atomic E-state index is 0.288. The number of aromatic carboxylic acids is 1. The van der Waals surface area contributed by atoms with Crippen molar-refractivity contribution in [1.29, 1.82) is 0 Å². The molecule has 0 amide bonds. The largest absolute Gasteiger partial charge is 0.478 e. The van der Waals surface area contributed by atoms with Gasteiger partial charge in [-0.1, -0.05) is 28.1 Å². The van der Waals surface area contributed by atoms with Gasteiger partial charge in [-0.15, -0.1) is 11.3 Å². The molecule has 1 N–H and O–H groups in total. The number of fused-ring (bicyclic) bond motifs is 1. The molecule has 0 aliphatic heterocycles. The molecule has 3 nitrogen and oxygen atoms in total. The summed E-state index contributed by atoms with van der Waals surface area (Å²) in [5.74, 6) is -0.918. The number of hydrogen-bond donors (Lipinski definition) is 1. The van der Waals surface area contributed by atoms with Crippen LogP contribution in [0.3, 0.4) is 0 Å². The summed E-state index contributed by atoms with van der Waals surface area (Å²) >= 11 is 5.05. The molecular formula is C15H10BrNO2S. The monoisotopic (exact) mass is 347 g/mol. The van der Waals surface area contributed by atoms with Crippen LogP contribution in [0.25, 0.3) is 20.8 Å². The number of carbonyl (C=O) groups is 1. The van der Waals surface area contributed by atoms with Gasteiger partial charge in [0.1, 0.15) is 5.01 Å². The summed E-state index contributed by atoms with van der Waals surface area (Å²) in [6.45, 7) is 2.03. The van der Waals surface area contributed by atoms with Gasteiger partial charge < -0.3 is 5.11 Å². The van der Waals surface area contributed by atoms with Crippen LogP contribution in [0.1, 0.15) is 15.9 Å². The van der Waals surface area contributed by atoms with Crippen LogP contribution >= 0.6 is 27.3 Å². The van der Waals surface area contributed by atoms with Crippen molar-refractivity contribution in [2.45, 2.75) is 6.92 Å². The molecular weight excluding hydrogens is 338 g/mol. The molecule has 0 atom stereocenters. The zero-order valence-electron chi connectivity index (χ0n) is 10.6. The zero-order chi connectivity index (χ0) is 14.3. The van der Waals surface area contributed by atoms with Gasteiger partial charge in [0.15, 0.2) is 0 Å². The van der Waals surface area contributed by atoms with E-state index in [1.807, 2.05) is 25.1 Å². The number of hydrogen-bond acceptors (Lipinski definition) is 3. The summed E-state index contributed by atoms with van der Waals surface area (Å²) in [7, 11) is 0. The average molecular weight is 348 g/mol. The topological polar surface area (TPSA) is 50.2 Å². The first-order chi connectivity index (χ1) is 9.54. The van der Waals surface area contributed by atoms with Crippen molar-refractivity contribution in [3.63, 3.8) is 0 Å². The lowest BCUT2D eigenvalue weighted by Gasteiger charge is -2.01. The number of aryl methyl sites for hydroxylation is 1. The summed E-state index contributed by atoms with van der Waals surface area (Å²) in [6.07, 6.45) is 0. The van der Waals surface area contributed by atoms with Gasteiger partial charge in [-0.3, -0.25) is 0 Å². The molecule has 0 aliphatic carbocycles. The Labute approximate surface area is 128 Å². The average Bonchev–Trinajstić information content (AvgIpc) is 2.80. The molecule has 0 saturated carbocycles. The van der Waals surface area contributed by atoms with Crippen LogP contribution in [0, 0.1) is 6.92 Å². The summed E-state index contributed by atoms with van der Waals surface area (Å²) < 4.78 is 1.88. The molecule has 0 bridgehead atoms. The van der Waals surface area contributed by atoms with Gasteiger partial charge in [0.2, 0.25) is 0 Å². The molecule has 20 heavy (non-hydrogen) atoms. The van der Waals surface area contributed by atoms with Crippen LogP contribution in [-0.2, 0) is 0 Å². The standard InChI is InChI=1S/C15H10BrNO2S/c1-8-2-4-10(11(16)6-8)14-17-12-5-3-9(15(18)19)7-13(12)20-14/h2-7H,1H3,(H,18,19). The Kier molecular flexibility index (Phi) is 3.31. The third-order valence-electron chi connectivity index (χ3n) is 2.99. The van der Waals surface area contributed by atoms with Crippen molar-refractivity contribution in [1.82, 2.24) is 4.98 Å². The number of rotatable bonds is 2. The molecule has 5 heteroatoms. The minimum atomic E-state index is -0.918. The second kappa shape index (κ2) is 5.00. The van der Waals surface area contributed by atoms with Gasteiger partial charge in [-0.2, -0.15) is 0 Å². The maximum atomic E-state index is 11.0. The molecule has 0 spiro atoms. The smallest absolute Gasteiger partial charge is 0.335 e. The Hall–Kier alpha value is -1.72. The Balaban J connectivity index is 2.15. The number of aromatic nitrogens is 1. The van der Waals surface area contributed by atoms with Crippen molar-refractivity contribution >= 4 is 43.5 Å². The normalized spacial score (nSPS) is 10.9. The number of benzene rings is 2. The van der Waals surface area contributed by atoms with E-state index in [1.54, 1.807) is 18.2 Å². The number of nitrogens with zero attached hydrogens (tertiary/aromatic N) is 1. The van der Waals surface area contributed by atoms with E-state index in [1.165, 1.54) is 16.9 Å². The molecule has 0 unspecified atom stereocenters. The highest BCUT2D eigenvalue weighted by atomic mass is 79.9. The predicted octanol–water partition coefficient (Wildman–Crippen LogP) is 4.73. The van der Waals surface area contributed by atoms with Crippen molar-refractivity contribution < 1.29 is 9.90 Å². The Bertz CT molecular complexity index is 826. The number of thiazole rings is 1. The van der Waals surface area contributed by atoms with E-state index in [-0.39, 0.29) is 5.56 Å². The summed E-state index contributed by atoms with van der Waals surface area (Å²) in [5, 5.41) is 9.90. The van der Waals surface area contributed by atoms with Gasteiger partial charge in [-0.05, 0) is 36.8 Å². The maximum Gasteiger partial charge on any atom is 0.335 e. The molecule has 1 heterocycles.